The third kappa shape index (κ3) is 3.03. The van der Waals surface area contributed by atoms with E-state index in [1.807, 2.05) is 50.9 Å². The van der Waals surface area contributed by atoms with Crippen LogP contribution in [0, 0.1) is 12.3 Å². The minimum absolute atomic E-state index is 0.540. The topological polar surface area (TPSA) is 40.5 Å². The zero-order valence-electron chi connectivity index (χ0n) is 11.7. The van der Waals surface area contributed by atoms with Crippen molar-refractivity contribution in [2.45, 2.75) is 33.6 Å². The molecule has 1 N–H and O–H groups in total. The first-order valence-electron chi connectivity index (χ1n) is 6.46. The molecule has 0 aromatic heterocycles. The van der Waals surface area contributed by atoms with Crippen LogP contribution < -0.4 is 4.90 Å². The molecule has 18 heavy (non-hydrogen) atoms. The summed E-state index contributed by atoms with van der Waals surface area (Å²) in [5, 5.41) is 9.45. The predicted octanol–water partition coefficient (Wildman–Crippen LogP) is 3.32. The van der Waals surface area contributed by atoms with Gasteiger partial charge in [0, 0.05) is 19.3 Å². The first-order valence-corrected chi connectivity index (χ1v) is 6.46. The van der Waals surface area contributed by atoms with Crippen molar-refractivity contribution in [2.75, 3.05) is 18.5 Å². The second-order valence-electron chi connectivity index (χ2n) is 4.99. The maximum absolute atomic E-state index is 11.5. The van der Waals surface area contributed by atoms with Gasteiger partial charge in [-0.25, -0.2) is 0 Å². The molecule has 0 aliphatic carbocycles. The number of carboxylic acids is 1. The Hall–Kier alpha value is -1.51. The van der Waals surface area contributed by atoms with Crippen molar-refractivity contribution in [3.05, 3.63) is 29.8 Å². The lowest BCUT2D eigenvalue weighted by Gasteiger charge is -2.33. The van der Waals surface area contributed by atoms with Crippen LogP contribution in [0.25, 0.3) is 0 Å². The van der Waals surface area contributed by atoms with Gasteiger partial charge in [0.15, 0.2) is 0 Å². The highest BCUT2D eigenvalue weighted by atomic mass is 16.4. The Balaban J connectivity index is 2.91. The Kier molecular flexibility index (Phi) is 4.76. The van der Waals surface area contributed by atoms with E-state index in [9.17, 15) is 9.90 Å². The molecule has 0 aliphatic heterocycles. The molecule has 0 atom stereocenters. The van der Waals surface area contributed by atoms with Crippen LogP contribution in [-0.4, -0.2) is 24.7 Å². The molecular formula is C15H23NO2. The van der Waals surface area contributed by atoms with E-state index in [-0.39, 0.29) is 0 Å². The lowest BCUT2D eigenvalue weighted by atomic mass is 9.82. The van der Waals surface area contributed by atoms with E-state index in [0.717, 1.165) is 5.69 Å². The van der Waals surface area contributed by atoms with Gasteiger partial charge in [-0.3, -0.25) is 4.79 Å². The number of aliphatic carboxylic acids is 1. The van der Waals surface area contributed by atoms with Crippen LogP contribution in [0.4, 0.5) is 5.69 Å². The highest BCUT2D eigenvalue weighted by Crippen LogP contribution is 2.29. The summed E-state index contributed by atoms with van der Waals surface area (Å²) in [7, 11) is 1.96. The summed E-state index contributed by atoms with van der Waals surface area (Å²) in [5.74, 6) is -0.702. The summed E-state index contributed by atoms with van der Waals surface area (Å²) < 4.78 is 0. The molecule has 1 rings (SSSR count). The van der Waals surface area contributed by atoms with Crippen LogP contribution >= 0.6 is 0 Å². The van der Waals surface area contributed by atoms with Gasteiger partial charge in [-0.1, -0.05) is 26.0 Å². The van der Waals surface area contributed by atoms with Crippen molar-refractivity contribution in [3.63, 3.8) is 0 Å². The molecule has 3 heteroatoms. The lowest BCUT2D eigenvalue weighted by molar-refractivity contribution is -0.148. The van der Waals surface area contributed by atoms with E-state index in [4.69, 9.17) is 0 Å². The van der Waals surface area contributed by atoms with E-state index < -0.39 is 11.4 Å². The van der Waals surface area contributed by atoms with Crippen LogP contribution in [0.5, 0.6) is 0 Å². The van der Waals surface area contributed by atoms with E-state index in [1.165, 1.54) is 5.56 Å². The van der Waals surface area contributed by atoms with Gasteiger partial charge in [0.1, 0.15) is 0 Å². The molecule has 0 heterocycles. The molecule has 1 aromatic rings. The molecule has 0 aliphatic rings. The number of aryl methyl sites for hydroxylation is 1. The Morgan fingerprint density at radius 2 is 1.94 bits per heavy atom. The summed E-state index contributed by atoms with van der Waals surface area (Å²) in [5.41, 5.74) is 1.61. The average molecular weight is 249 g/mol. The molecule has 0 radical (unpaired) electrons. The minimum Gasteiger partial charge on any atom is -0.481 e. The number of carbonyl (C=O) groups is 1. The van der Waals surface area contributed by atoms with Crippen molar-refractivity contribution in [1.29, 1.82) is 0 Å². The van der Waals surface area contributed by atoms with E-state index >= 15 is 0 Å². The summed E-state index contributed by atoms with van der Waals surface area (Å²) in [6.07, 6.45) is 1.30. The van der Waals surface area contributed by atoms with Gasteiger partial charge in [0.05, 0.1) is 5.41 Å². The second kappa shape index (κ2) is 5.89. The van der Waals surface area contributed by atoms with Gasteiger partial charge in [-0.15, -0.1) is 0 Å². The van der Waals surface area contributed by atoms with Crippen LogP contribution in [-0.2, 0) is 4.79 Å². The first-order chi connectivity index (χ1) is 8.45. The smallest absolute Gasteiger partial charge is 0.311 e. The number of benzene rings is 1. The van der Waals surface area contributed by atoms with E-state index in [1.54, 1.807) is 0 Å². The first kappa shape index (κ1) is 14.6. The van der Waals surface area contributed by atoms with Crippen LogP contribution in [0.15, 0.2) is 24.3 Å². The summed E-state index contributed by atoms with van der Waals surface area (Å²) in [4.78, 5) is 13.5. The zero-order chi connectivity index (χ0) is 13.8. The number of carboxylic acid groups (broad SMARTS) is 1. The fraction of sp³-hybridized carbons (Fsp3) is 0.533. The highest BCUT2D eigenvalue weighted by molar-refractivity contribution is 5.75. The number of hydrogen-bond donors (Lipinski definition) is 1. The number of anilines is 1. The summed E-state index contributed by atoms with van der Waals surface area (Å²) in [6.45, 7) is 6.48. The summed E-state index contributed by atoms with van der Waals surface area (Å²) in [6, 6.07) is 8.14. The molecule has 0 fully saturated rings. The molecule has 0 saturated heterocycles. The van der Waals surface area contributed by atoms with Crippen molar-refractivity contribution < 1.29 is 9.90 Å². The van der Waals surface area contributed by atoms with Crippen LogP contribution in [0.3, 0.4) is 0 Å². The van der Waals surface area contributed by atoms with Crippen molar-refractivity contribution in [2.24, 2.45) is 5.41 Å². The van der Waals surface area contributed by atoms with Crippen molar-refractivity contribution >= 4 is 11.7 Å². The fourth-order valence-corrected chi connectivity index (χ4v) is 2.25. The molecular weight excluding hydrogens is 226 g/mol. The van der Waals surface area contributed by atoms with Gasteiger partial charge >= 0.3 is 5.97 Å². The monoisotopic (exact) mass is 249 g/mol. The molecule has 100 valence electrons. The van der Waals surface area contributed by atoms with Gasteiger partial charge in [0.2, 0.25) is 0 Å². The second-order valence-corrected chi connectivity index (χ2v) is 4.99. The maximum Gasteiger partial charge on any atom is 0.311 e. The molecule has 0 unspecified atom stereocenters. The largest absolute Gasteiger partial charge is 0.481 e. The molecule has 1 aromatic carbocycles. The quantitative estimate of drug-likeness (QED) is 0.840. The van der Waals surface area contributed by atoms with Crippen LogP contribution in [0.2, 0.25) is 0 Å². The van der Waals surface area contributed by atoms with Crippen LogP contribution in [0.1, 0.15) is 32.3 Å². The highest BCUT2D eigenvalue weighted by Gasteiger charge is 2.36. The zero-order valence-corrected chi connectivity index (χ0v) is 11.7. The Morgan fingerprint density at radius 3 is 2.39 bits per heavy atom. The third-order valence-corrected chi connectivity index (χ3v) is 3.79. The minimum atomic E-state index is -0.702. The van der Waals surface area contributed by atoms with Crippen molar-refractivity contribution in [3.8, 4) is 0 Å². The Bertz CT molecular complexity index is 411. The molecule has 3 nitrogen and oxygen atoms in total. The third-order valence-electron chi connectivity index (χ3n) is 3.79. The fourth-order valence-electron chi connectivity index (χ4n) is 2.25. The lowest BCUT2D eigenvalue weighted by Crippen LogP contribution is -2.41. The van der Waals surface area contributed by atoms with Gasteiger partial charge < -0.3 is 10.0 Å². The summed E-state index contributed by atoms with van der Waals surface area (Å²) >= 11 is 0. The average Bonchev–Trinajstić information content (AvgIpc) is 2.35. The molecule has 0 amide bonds. The van der Waals surface area contributed by atoms with Gasteiger partial charge in [-0.2, -0.15) is 0 Å². The van der Waals surface area contributed by atoms with Gasteiger partial charge in [-0.05, 0) is 37.5 Å². The predicted molar refractivity (Wildman–Crippen MR) is 75.1 cm³/mol. The van der Waals surface area contributed by atoms with E-state index in [0.29, 0.717) is 19.4 Å². The number of rotatable bonds is 6. The van der Waals surface area contributed by atoms with E-state index in [2.05, 4.69) is 6.07 Å². The normalized spacial score (nSPS) is 11.3. The SMILES string of the molecule is CCC(CC)(CN(C)c1cccc(C)c1)C(=O)O. The van der Waals surface area contributed by atoms with Crippen molar-refractivity contribution in [1.82, 2.24) is 0 Å². The number of nitrogens with zero attached hydrogens (tertiary/aromatic N) is 1. The molecule has 0 spiro atoms. The van der Waals surface area contributed by atoms with Gasteiger partial charge in [0.25, 0.3) is 0 Å². The molecule has 0 saturated carbocycles. The Labute approximate surface area is 109 Å². The standard InChI is InChI=1S/C15H23NO2/c1-5-15(6-2,14(17)18)11-16(4)13-9-7-8-12(3)10-13/h7-10H,5-6,11H2,1-4H3,(H,17,18). The Morgan fingerprint density at radius 1 is 1.33 bits per heavy atom. The molecule has 0 bridgehead atoms. The number of hydrogen-bond acceptors (Lipinski definition) is 2. The maximum atomic E-state index is 11.5.